The van der Waals surface area contributed by atoms with Gasteiger partial charge in [-0.3, -0.25) is 14.5 Å². The third kappa shape index (κ3) is 2.80. The van der Waals surface area contributed by atoms with Crippen LogP contribution in [0.1, 0.15) is 48.4 Å². The van der Waals surface area contributed by atoms with Crippen LogP contribution in [-0.2, 0) is 16.0 Å². The fourth-order valence-corrected chi connectivity index (χ4v) is 6.66. The first-order valence-electron chi connectivity index (χ1n) is 11.6. The van der Waals surface area contributed by atoms with E-state index >= 15 is 0 Å². The average Bonchev–Trinajstić information content (AvgIpc) is 3.14. The number of aryl methyl sites for hydroxylation is 1. The minimum Gasteiger partial charge on any atom is -0.330 e. The maximum Gasteiger partial charge on any atom is 0.242 e. The van der Waals surface area contributed by atoms with Gasteiger partial charge in [0.25, 0.3) is 0 Å². The predicted octanol–water partition coefficient (Wildman–Crippen LogP) is 0.671. The lowest BCUT2D eigenvalue weighted by Gasteiger charge is -2.38. The SMILES string of the molecule is N#Cc1ccc2c(c1)CCC2N1C(=O)C2C[C@H]1CN2CC(N)C(=O)N1C(C#N)CC2CC21. The van der Waals surface area contributed by atoms with Crippen LogP contribution >= 0.6 is 0 Å². The normalized spacial score (nSPS) is 35.4. The van der Waals surface area contributed by atoms with Crippen molar-refractivity contribution in [1.29, 1.82) is 10.5 Å². The lowest BCUT2D eigenvalue weighted by molar-refractivity contribution is -0.141. The fourth-order valence-electron chi connectivity index (χ4n) is 6.66. The van der Waals surface area contributed by atoms with E-state index in [1.54, 1.807) is 4.90 Å². The quantitative estimate of drug-likeness (QED) is 0.750. The highest BCUT2D eigenvalue weighted by atomic mass is 16.2. The number of hydrogen-bond acceptors (Lipinski definition) is 6. The van der Waals surface area contributed by atoms with Gasteiger partial charge >= 0.3 is 0 Å². The molecule has 1 saturated carbocycles. The van der Waals surface area contributed by atoms with Gasteiger partial charge in [0.15, 0.2) is 0 Å². The maximum absolute atomic E-state index is 13.3. The van der Waals surface area contributed by atoms with Gasteiger partial charge in [-0.05, 0) is 61.3 Å². The summed E-state index contributed by atoms with van der Waals surface area (Å²) in [6.07, 6.45) is 4.30. The summed E-state index contributed by atoms with van der Waals surface area (Å²) < 4.78 is 0. The van der Waals surface area contributed by atoms with Crippen molar-refractivity contribution in [2.45, 2.75) is 68.4 Å². The number of piperazine rings is 1. The Morgan fingerprint density at radius 3 is 2.81 bits per heavy atom. The van der Waals surface area contributed by atoms with Crippen LogP contribution in [0, 0.1) is 28.6 Å². The van der Waals surface area contributed by atoms with Crippen LogP contribution in [-0.4, -0.2) is 69.8 Å². The van der Waals surface area contributed by atoms with Crippen molar-refractivity contribution >= 4 is 11.8 Å². The van der Waals surface area contributed by atoms with Crippen LogP contribution in [0.25, 0.3) is 0 Å². The van der Waals surface area contributed by atoms with Gasteiger partial charge in [0.1, 0.15) is 6.04 Å². The minimum absolute atomic E-state index is 0.0745. The van der Waals surface area contributed by atoms with Crippen molar-refractivity contribution in [2.75, 3.05) is 13.1 Å². The van der Waals surface area contributed by atoms with Crippen molar-refractivity contribution in [2.24, 2.45) is 11.7 Å². The zero-order valence-corrected chi connectivity index (χ0v) is 17.9. The van der Waals surface area contributed by atoms with E-state index < -0.39 is 6.04 Å². The van der Waals surface area contributed by atoms with Gasteiger partial charge in [0.05, 0.1) is 35.8 Å². The van der Waals surface area contributed by atoms with Gasteiger partial charge in [-0.2, -0.15) is 10.5 Å². The molecular formula is C24H26N6O2. The first-order valence-corrected chi connectivity index (χ1v) is 11.6. The van der Waals surface area contributed by atoms with E-state index in [1.807, 2.05) is 23.1 Å². The van der Waals surface area contributed by atoms with Gasteiger partial charge < -0.3 is 15.5 Å². The minimum atomic E-state index is -0.706. The van der Waals surface area contributed by atoms with E-state index in [1.165, 1.54) is 11.1 Å². The number of rotatable bonds is 4. The molecular weight excluding hydrogens is 404 g/mol. The molecule has 2 N–H and O–H groups in total. The molecule has 3 saturated heterocycles. The van der Waals surface area contributed by atoms with Crippen LogP contribution in [0.15, 0.2) is 18.2 Å². The second kappa shape index (κ2) is 7.03. The molecule has 0 spiro atoms. The second-order valence-electron chi connectivity index (χ2n) is 9.98. The number of carbonyl (C=O) groups is 2. The van der Waals surface area contributed by atoms with Gasteiger partial charge in [0, 0.05) is 25.2 Å². The maximum atomic E-state index is 13.3. The molecule has 1 aromatic rings. The first-order chi connectivity index (χ1) is 15.5. The number of piperidine rings is 1. The Morgan fingerprint density at radius 2 is 2.06 bits per heavy atom. The molecule has 3 aliphatic heterocycles. The van der Waals surface area contributed by atoms with Crippen molar-refractivity contribution in [3.8, 4) is 12.1 Å². The zero-order valence-electron chi connectivity index (χ0n) is 17.9. The van der Waals surface area contributed by atoms with Crippen LogP contribution in [0.3, 0.4) is 0 Å². The Labute approximate surface area is 187 Å². The van der Waals surface area contributed by atoms with Crippen LogP contribution in [0.5, 0.6) is 0 Å². The molecule has 5 aliphatic rings. The van der Waals surface area contributed by atoms with Crippen LogP contribution in [0.4, 0.5) is 0 Å². The molecule has 0 aromatic heterocycles. The number of nitrogens with zero attached hydrogens (tertiary/aromatic N) is 5. The number of likely N-dealkylation sites (tertiary alicyclic amines) is 3. The second-order valence-corrected chi connectivity index (χ2v) is 9.98. The van der Waals surface area contributed by atoms with Gasteiger partial charge in [-0.15, -0.1) is 0 Å². The largest absolute Gasteiger partial charge is 0.330 e. The molecule has 7 atom stereocenters. The standard InChI is InChI=1S/C24H26N6O2/c25-9-13-1-3-18-14(5-13)2-4-20(18)30-17-8-22(24(30)32)28(11-17)12-19(27)23(31)29-16(10-26)6-15-7-21(15)29/h1,3,5,15-17,19-22H,2,4,6-8,11-12,27H2/t15?,16?,17-,19?,20?,21?,22?/m0/s1. The number of fused-ring (bicyclic) bond motifs is 4. The van der Waals surface area contributed by atoms with E-state index in [2.05, 4.69) is 17.0 Å². The van der Waals surface area contributed by atoms with E-state index in [9.17, 15) is 14.9 Å². The highest BCUT2D eigenvalue weighted by Gasteiger charge is 2.56. The van der Waals surface area contributed by atoms with Crippen molar-refractivity contribution < 1.29 is 9.59 Å². The number of nitriles is 2. The van der Waals surface area contributed by atoms with Crippen molar-refractivity contribution in [3.63, 3.8) is 0 Å². The van der Waals surface area contributed by atoms with E-state index in [0.29, 0.717) is 18.0 Å². The monoisotopic (exact) mass is 430 g/mol. The summed E-state index contributed by atoms with van der Waals surface area (Å²) in [7, 11) is 0. The summed E-state index contributed by atoms with van der Waals surface area (Å²) in [5.74, 6) is 0.445. The van der Waals surface area contributed by atoms with Crippen molar-refractivity contribution in [3.05, 3.63) is 34.9 Å². The summed E-state index contributed by atoms with van der Waals surface area (Å²) in [6, 6.07) is 9.34. The number of hydrogen-bond donors (Lipinski definition) is 1. The number of carbonyl (C=O) groups excluding carboxylic acids is 2. The first kappa shape index (κ1) is 19.7. The molecule has 6 unspecified atom stereocenters. The molecule has 4 fully saturated rings. The average molecular weight is 431 g/mol. The molecule has 2 bridgehead atoms. The Bertz CT molecular complexity index is 1090. The van der Waals surface area contributed by atoms with E-state index in [-0.39, 0.29) is 42.0 Å². The predicted molar refractivity (Wildman–Crippen MR) is 114 cm³/mol. The highest BCUT2D eigenvalue weighted by molar-refractivity contribution is 5.87. The summed E-state index contributed by atoms with van der Waals surface area (Å²) in [5, 5.41) is 18.5. The Kier molecular flexibility index (Phi) is 4.33. The molecule has 2 aliphatic carbocycles. The number of benzene rings is 1. The highest BCUT2D eigenvalue weighted by Crippen LogP contribution is 2.48. The smallest absolute Gasteiger partial charge is 0.242 e. The summed E-state index contributed by atoms with van der Waals surface area (Å²) >= 11 is 0. The third-order valence-corrected chi connectivity index (χ3v) is 8.22. The summed E-state index contributed by atoms with van der Waals surface area (Å²) in [6.45, 7) is 1.09. The Balaban J connectivity index is 1.13. The van der Waals surface area contributed by atoms with E-state index in [4.69, 9.17) is 11.0 Å². The summed E-state index contributed by atoms with van der Waals surface area (Å²) in [4.78, 5) is 32.1. The van der Waals surface area contributed by atoms with Gasteiger partial charge in [0.2, 0.25) is 11.8 Å². The fraction of sp³-hybridized carbons (Fsp3) is 0.583. The van der Waals surface area contributed by atoms with Gasteiger partial charge in [-0.1, -0.05) is 6.07 Å². The molecule has 3 heterocycles. The Hall–Kier alpha value is -2.94. The molecule has 1 aromatic carbocycles. The van der Waals surface area contributed by atoms with Crippen LogP contribution < -0.4 is 5.73 Å². The molecule has 0 radical (unpaired) electrons. The number of amides is 2. The van der Waals surface area contributed by atoms with Crippen LogP contribution in [0.2, 0.25) is 0 Å². The number of nitrogens with two attached hydrogens (primary N) is 1. The third-order valence-electron chi connectivity index (χ3n) is 8.22. The molecule has 2 amide bonds. The Morgan fingerprint density at radius 1 is 1.22 bits per heavy atom. The van der Waals surface area contributed by atoms with E-state index in [0.717, 1.165) is 38.6 Å². The van der Waals surface area contributed by atoms with Gasteiger partial charge in [-0.25, -0.2) is 0 Å². The molecule has 6 rings (SSSR count). The lowest BCUT2D eigenvalue weighted by Crippen LogP contribution is -2.57. The molecule has 164 valence electrons. The topological polar surface area (TPSA) is 117 Å². The zero-order chi connectivity index (χ0) is 22.1. The summed E-state index contributed by atoms with van der Waals surface area (Å²) in [5.41, 5.74) is 9.31. The lowest BCUT2D eigenvalue weighted by atomic mass is 10.0. The molecule has 8 heteroatoms. The molecule has 32 heavy (non-hydrogen) atoms. The van der Waals surface area contributed by atoms with Crippen molar-refractivity contribution in [1.82, 2.24) is 14.7 Å². The molecule has 8 nitrogen and oxygen atoms in total.